The van der Waals surface area contributed by atoms with Crippen LogP contribution in [-0.4, -0.2) is 38.2 Å². The molecule has 0 bridgehead atoms. The van der Waals surface area contributed by atoms with Crippen LogP contribution in [0.2, 0.25) is 0 Å². The fourth-order valence-corrected chi connectivity index (χ4v) is 3.60. The van der Waals surface area contributed by atoms with Crippen LogP contribution in [0.4, 0.5) is 11.5 Å². The highest BCUT2D eigenvalue weighted by Crippen LogP contribution is 2.30. The lowest BCUT2D eigenvalue weighted by atomic mass is 10.2. The standard InChI is InChI=1S/C21H17N7O3S/c1-12-7-13(26-20-19-16(23-10-24-20)9-22-21(27-19)32(29)30)3-6-18(12)31-14-4-5-17-15(8-14)25-11-28(17)2/h3-11H,1-2H3,(H,29,30)(H,23,24,26)/p-1. The van der Waals surface area contributed by atoms with Gasteiger partial charge in [0.05, 0.1) is 23.6 Å². The normalized spacial score (nSPS) is 12.2. The summed E-state index contributed by atoms with van der Waals surface area (Å²) in [7, 11) is 1.94. The Morgan fingerprint density at radius 1 is 1.06 bits per heavy atom. The number of aryl methyl sites for hydroxylation is 2. The molecule has 32 heavy (non-hydrogen) atoms. The molecule has 0 fully saturated rings. The largest absolute Gasteiger partial charge is 0.766 e. The van der Waals surface area contributed by atoms with Gasteiger partial charge in [0.15, 0.2) is 5.82 Å². The van der Waals surface area contributed by atoms with E-state index in [1.54, 1.807) is 6.33 Å². The van der Waals surface area contributed by atoms with Crippen LogP contribution in [0.3, 0.4) is 0 Å². The highest BCUT2D eigenvalue weighted by Gasteiger charge is 2.10. The van der Waals surface area contributed by atoms with Gasteiger partial charge in [-0.2, -0.15) is 0 Å². The number of ether oxygens (including phenoxy) is 1. The number of nitrogens with one attached hydrogen (secondary N) is 1. The van der Waals surface area contributed by atoms with Gasteiger partial charge in [0.1, 0.15) is 28.9 Å². The van der Waals surface area contributed by atoms with Crippen molar-refractivity contribution in [1.29, 1.82) is 0 Å². The van der Waals surface area contributed by atoms with Crippen LogP contribution in [0.5, 0.6) is 11.5 Å². The summed E-state index contributed by atoms with van der Waals surface area (Å²) in [6.07, 6.45) is 4.47. The van der Waals surface area contributed by atoms with Crippen LogP contribution in [0, 0.1) is 6.92 Å². The Kier molecular flexibility index (Phi) is 4.96. The molecule has 0 aliphatic rings. The van der Waals surface area contributed by atoms with Crippen molar-refractivity contribution in [3.63, 3.8) is 0 Å². The Morgan fingerprint density at radius 2 is 1.94 bits per heavy atom. The van der Waals surface area contributed by atoms with E-state index in [2.05, 4.69) is 30.2 Å². The minimum atomic E-state index is -2.55. The molecule has 2 aromatic carbocycles. The van der Waals surface area contributed by atoms with E-state index in [4.69, 9.17) is 4.74 Å². The van der Waals surface area contributed by atoms with Crippen molar-refractivity contribution in [2.75, 3.05) is 5.32 Å². The van der Waals surface area contributed by atoms with Gasteiger partial charge in [-0.15, -0.1) is 0 Å². The van der Waals surface area contributed by atoms with Crippen molar-refractivity contribution < 1.29 is 13.5 Å². The molecule has 11 heteroatoms. The number of hydrogen-bond acceptors (Lipinski definition) is 9. The van der Waals surface area contributed by atoms with E-state index < -0.39 is 11.1 Å². The van der Waals surface area contributed by atoms with E-state index >= 15 is 0 Å². The molecule has 0 aliphatic heterocycles. The maximum Gasteiger partial charge on any atom is 0.205 e. The van der Waals surface area contributed by atoms with Gasteiger partial charge in [0, 0.05) is 29.9 Å². The first-order valence-corrected chi connectivity index (χ1v) is 10.6. The summed E-state index contributed by atoms with van der Waals surface area (Å²) in [6, 6.07) is 11.3. The lowest BCUT2D eigenvalue weighted by Gasteiger charge is -2.12. The maximum atomic E-state index is 11.2. The molecule has 5 rings (SSSR count). The van der Waals surface area contributed by atoms with E-state index in [9.17, 15) is 8.76 Å². The summed E-state index contributed by atoms with van der Waals surface area (Å²) >= 11 is -2.55. The molecule has 1 N–H and O–H groups in total. The number of benzene rings is 2. The van der Waals surface area contributed by atoms with Gasteiger partial charge >= 0.3 is 0 Å². The Hall–Kier alpha value is -3.96. The molecule has 1 unspecified atom stereocenters. The minimum absolute atomic E-state index is 0.309. The topological polar surface area (TPSA) is 131 Å². The van der Waals surface area contributed by atoms with Crippen LogP contribution in [0.1, 0.15) is 5.56 Å². The Morgan fingerprint density at radius 3 is 2.75 bits per heavy atom. The summed E-state index contributed by atoms with van der Waals surface area (Å²) < 4.78 is 30.4. The second-order valence-electron chi connectivity index (χ2n) is 7.06. The van der Waals surface area contributed by atoms with Crippen molar-refractivity contribution >= 4 is 44.7 Å². The van der Waals surface area contributed by atoms with Crippen molar-refractivity contribution in [3.05, 3.63) is 60.8 Å². The SMILES string of the molecule is Cc1cc(Nc2ncnc3cnc(S(=O)[O-])nc23)ccc1Oc1ccc2c(c1)ncn2C. The molecule has 10 nitrogen and oxygen atoms in total. The highest BCUT2D eigenvalue weighted by atomic mass is 32.2. The number of fused-ring (bicyclic) bond motifs is 2. The number of nitrogens with zero attached hydrogens (tertiary/aromatic N) is 6. The Balaban J connectivity index is 1.42. The average Bonchev–Trinajstić information content (AvgIpc) is 3.15. The second kappa shape index (κ2) is 7.94. The number of imidazole rings is 1. The summed E-state index contributed by atoms with van der Waals surface area (Å²) in [6.45, 7) is 1.93. The van der Waals surface area contributed by atoms with Gasteiger partial charge < -0.3 is 19.2 Å². The van der Waals surface area contributed by atoms with Crippen LogP contribution in [0.15, 0.2) is 60.4 Å². The molecule has 5 aromatic rings. The Bertz CT molecular complexity index is 1500. The van der Waals surface area contributed by atoms with E-state index in [1.807, 2.05) is 54.9 Å². The van der Waals surface area contributed by atoms with Gasteiger partial charge in [-0.1, -0.05) is 0 Å². The molecule has 0 saturated heterocycles. The summed E-state index contributed by atoms with van der Waals surface area (Å²) in [5.74, 6) is 1.76. The molecule has 0 saturated carbocycles. The lowest BCUT2D eigenvalue weighted by molar-refractivity contribution is 0.479. The van der Waals surface area contributed by atoms with E-state index in [1.165, 1.54) is 12.5 Å². The first-order chi connectivity index (χ1) is 15.5. The fourth-order valence-electron chi connectivity index (χ4n) is 3.29. The smallest absolute Gasteiger partial charge is 0.205 e. The highest BCUT2D eigenvalue weighted by molar-refractivity contribution is 7.79. The third kappa shape index (κ3) is 3.74. The van der Waals surface area contributed by atoms with Crippen molar-refractivity contribution in [1.82, 2.24) is 29.5 Å². The fraction of sp³-hybridized carbons (Fsp3) is 0.0952. The predicted octanol–water partition coefficient (Wildman–Crippen LogP) is 3.39. The quantitative estimate of drug-likeness (QED) is 0.319. The predicted molar refractivity (Wildman–Crippen MR) is 118 cm³/mol. The van der Waals surface area contributed by atoms with Crippen LogP contribution >= 0.6 is 0 Å². The minimum Gasteiger partial charge on any atom is -0.766 e. The van der Waals surface area contributed by atoms with Crippen LogP contribution < -0.4 is 10.1 Å². The number of anilines is 2. The van der Waals surface area contributed by atoms with Gasteiger partial charge in [0.25, 0.3) is 0 Å². The molecule has 3 heterocycles. The van der Waals surface area contributed by atoms with Gasteiger partial charge in [-0.05, 0) is 42.8 Å². The first kappa shape index (κ1) is 20.0. The van der Waals surface area contributed by atoms with Gasteiger partial charge in [-0.25, -0.2) is 24.9 Å². The van der Waals surface area contributed by atoms with Crippen LogP contribution in [-0.2, 0) is 18.1 Å². The third-order valence-electron chi connectivity index (χ3n) is 4.87. The van der Waals surface area contributed by atoms with Crippen molar-refractivity contribution in [2.24, 2.45) is 7.05 Å². The summed E-state index contributed by atoms with van der Waals surface area (Å²) in [5.41, 5.74) is 4.25. The Labute approximate surface area is 184 Å². The average molecular weight is 446 g/mol. The molecule has 1 atom stereocenters. The monoisotopic (exact) mass is 446 g/mol. The van der Waals surface area contributed by atoms with Gasteiger partial charge in [-0.3, -0.25) is 4.21 Å². The maximum absolute atomic E-state index is 11.2. The number of aromatic nitrogens is 6. The molecular weight excluding hydrogens is 430 g/mol. The number of hydrogen-bond donors (Lipinski definition) is 1. The van der Waals surface area contributed by atoms with E-state index in [0.717, 1.165) is 22.3 Å². The zero-order chi connectivity index (χ0) is 22.2. The molecular formula is C21H16N7O3S-. The van der Waals surface area contributed by atoms with Crippen molar-refractivity contribution in [2.45, 2.75) is 12.1 Å². The summed E-state index contributed by atoms with van der Waals surface area (Å²) in [4.78, 5) is 20.5. The van der Waals surface area contributed by atoms with Crippen LogP contribution in [0.25, 0.3) is 22.1 Å². The van der Waals surface area contributed by atoms with E-state index in [-0.39, 0.29) is 5.16 Å². The second-order valence-corrected chi connectivity index (χ2v) is 7.89. The molecule has 0 radical (unpaired) electrons. The first-order valence-electron chi connectivity index (χ1n) is 9.51. The molecule has 160 valence electrons. The van der Waals surface area contributed by atoms with Crippen molar-refractivity contribution in [3.8, 4) is 11.5 Å². The van der Waals surface area contributed by atoms with E-state index in [0.29, 0.717) is 28.4 Å². The molecule has 3 aromatic heterocycles. The molecule has 0 aliphatic carbocycles. The number of rotatable bonds is 5. The third-order valence-corrected chi connectivity index (χ3v) is 5.36. The summed E-state index contributed by atoms with van der Waals surface area (Å²) in [5, 5.41) is 2.84. The molecule has 0 spiro atoms. The lowest BCUT2D eigenvalue weighted by Crippen LogP contribution is -2.02. The zero-order valence-corrected chi connectivity index (χ0v) is 17.8. The zero-order valence-electron chi connectivity index (χ0n) is 17.0. The van der Waals surface area contributed by atoms with Gasteiger partial charge in [0.2, 0.25) is 5.16 Å². The molecule has 0 amide bonds.